The Morgan fingerprint density at radius 2 is 1.35 bits per heavy atom. The minimum Gasteiger partial charge on any atom is -0.319 e. The van der Waals surface area contributed by atoms with E-state index in [1.165, 1.54) is 83.5 Å². The van der Waals surface area contributed by atoms with Crippen LogP contribution in [0.5, 0.6) is 0 Å². The molecule has 23 heavy (non-hydrogen) atoms. The molecule has 1 aliphatic rings. The zero-order chi connectivity index (χ0) is 16.6. The van der Waals surface area contributed by atoms with Gasteiger partial charge in [0.25, 0.3) is 0 Å². The molecule has 0 aromatic carbocycles. The maximum atomic E-state index is 5.82. The van der Waals surface area contributed by atoms with E-state index in [1.807, 2.05) is 0 Å². The molecule has 0 radical (unpaired) electrons. The van der Waals surface area contributed by atoms with Crippen molar-refractivity contribution in [1.82, 2.24) is 5.48 Å². The maximum absolute atomic E-state index is 5.82. The molecule has 0 aromatic rings. The van der Waals surface area contributed by atoms with Crippen LogP contribution in [0.1, 0.15) is 96.8 Å². The first kappa shape index (κ1) is 20.4. The number of amidine groups is 1. The highest BCUT2D eigenvalue weighted by Crippen LogP contribution is 2.12. The van der Waals surface area contributed by atoms with Gasteiger partial charge in [-0.3, -0.25) is 15.3 Å². The molecule has 1 unspecified atom stereocenters. The highest BCUT2D eigenvalue weighted by atomic mass is 16.7. The Hall–Kier alpha value is -0.610. The van der Waals surface area contributed by atoms with E-state index in [4.69, 9.17) is 10.6 Å². The van der Waals surface area contributed by atoms with Gasteiger partial charge in [0.05, 0.1) is 12.6 Å². The van der Waals surface area contributed by atoms with Crippen molar-refractivity contribution >= 4 is 5.84 Å². The topological polar surface area (TPSA) is 59.6 Å². The Morgan fingerprint density at radius 3 is 1.78 bits per heavy atom. The van der Waals surface area contributed by atoms with Gasteiger partial charge >= 0.3 is 0 Å². The van der Waals surface area contributed by atoms with Crippen molar-refractivity contribution in [3.05, 3.63) is 0 Å². The lowest BCUT2D eigenvalue weighted by molar-refractivity contribution is 0.118. The lowest BCUT2D eigenvalue weighted by Crippen LogP contribution is -2.32. The quantitative estimate of drug-likeness (QED) is 0.428. The Balaban J connectivity index is 1.73. The van der Waals surface area contributed by atoms with Gasteiger partial charge in [0.1, 0.15) is 5.84 Å². The summed E-state index contributed by atoms with van der Waals surface area (Å²) < 4.78 is 0. The average Bonchev–Trinajstić information content (AvgIpc) is 2.96. The third-order valence-corrected chi connectivity index (χ3v) is 4.58. The molecule has 0 bridgehead atoms. The van der Waals surface area contributed by atoms with Crippen LogP contribution < -0.4 is 11.2 Å². The summed E-state index contributed by atoms with van der Waals surface area (Å²) in [4.78, 5) is 9.49. The predicted octanol–water partition coefficient (Wildman–Crippen LogP) is 4.73. The standard InChI is InChI=1S/C19H39N3O/c1-2-3-4-5-6-7-8-9-10-11-12-13-14-15-16-21-19-18(20)17-23-22-19/h18H,2-17,20H2,1H3,(H,21,22). The summed E-state index contributed by atoms with van der Waals surface area (Å²) in [5.41, 5.74) is 8.60. The van der Waals surface area contributed by atoms with E-state index in [1.54, 1.807) is 0 Å². The van der Waals surface area contributed by atoms with Crippen molar-refractivity contribution in [1.29, 1.82) is 0 Å². The van der Waals surface area contributed by atoms with E-state index in [2.05, 4.69) is 17.4 Å². The van der Waals surface area contributed by atoms with Gasteiger partial charge in [-0.15, -0.1) is 0 Å². The summed E-state index contributed by atoms with van der Waals surface area (Å²) in [6.07, 6.45) is 19.4. The highest BCUT2D eigenvalue weighted by Gasteiger charge is 2.17. The van der Waals surface area contributed by atoms with Crippen LogP contribution in [0.4, 0.5) is 0 Å². The molecule has 1 rings (SSSR count). The molecule has 0 saturated carbocycles. The van der Waals surface area contributed by atoms with E-state index in [0.717, 1.165) is 18.8 Å². The minimum absolute atomic E-state index is 0.0540. The fraction of sp³-hybridized carbons (Fsp3) is 0.947. The van der Waals surface area contributed by atoms with Crippen LogP contribution in [0.3, 0.4) is 0 Å². The predicted molar refractivity (Wildman–Crippen MR) is 99.7 cm³/mol. The average molecular weight is 326 g/mol. The highest BCUT2D eigenvalue weighted by molar-refractivity contribution is 5.87. The molecule has 0 spiro atoms. The Morgan fingerprint density at radius 1 is 0.870 bits per heavy atom. The van der Waals surface area contributed by atoms with Gasteiger partial charge < -0.3 is 5.73 Å². The van der Waals surface area contributed by atoms with E-state index in [0.29, 0.717) is 6.61 Å². The van der Waals surface area contributed by atoms with Crippen LogP contribution in [0.2, 0.25) is 0 Å². The number of rotatable bonds is 15. The fourth-order valence-electron chi connectivity index (χ4n) is 3.02. The Kier molecular flexibility index (Phi) is 13.3. The number of aliphatic imine (C=N–C) groups is 1. The number of nitrogens with two attached hydrogens (primary N) is 1. The third kappa shape index (κ3) is 11.5. The molecule has 1 saturated heterocycles. The van der Waals surface area contributed by atoms with Crippen LogP contribution >= 0.6 is 0 Å². The van der Waals surface area contributed by atoms with E-state index in [9.17, 15) is 0 Å². The van der Waals surface area contributed by atoms with E-state index in [-0.39, 0.29) is 6.04 Å². The number of hydrogen-bond acceptors (Lipinski definition) is 3. The number of hydrogen-bond donors (Lipinski definition) is 2. The van der Waals surface area contributed by atoms with Crippen LogP contribution in [0.25, 0.3) is 0 Å². The molecule has 0 aliphatic carbocycles. The van der Waals surface area contributed by atoms with Crippen molar-refractivity contribution in [2.24, 2.45) is 10.7 Å². The monoisotopic (exact) mass is 325 g/mol. The van der Waals surface area contributed by atoms with Crippen LogP contribution in [0.15, 0.2) is 4.99 Å². The molecular weight excluding hydrogens is 286 g/mol. The number of unbranched alkanes of at least 4 members (excludes halogenated alkanes) is 13. The third-order valence-electron chi connectivity index (χ3n) is 4.58. The summed E-state index contributed by atoms with van der Waals surface area (Å²) in [6.45, 7) is 3.69. The first-order valence-electron chi connectivity index (χ1n) is 10.0. The smallest absolute Gasteiger partial charge is 0.140 e. The summed E-state index contributed by atoms with van der Waals surface area (Å²) >= 11 is 0. The van der Waals surface area contributed by atoms with E-state index < -0.39 is 0 Å². The molecule has 1 heterocycles. The molecule has 136 valence electrons. The first-order valence-corrected chi connectivity index (χ1v) is 10.0. The van der Waals surface area contributed by atoms with E-state index >= 15 is 0 Å². The number of nitrogens with one attached hydrogen (secondary N) is 1. The SMILES string of the molecule is CCCCCCCCCCCCCCCCN=C1NOCC1N. The van der Waals surface area contributed by atoms with Gasteiger partial charge in [0.15, 0.2) is 0 Å². The van der Waals surface area contributed by atoms with Crippen molar-refractivity contribution in [2.75, 3.05) is 13.2 Å². The van der Waals surface area contributed by atoms with Gasteiger partial charge in [-0.05, 0) is 6.42 Å². The normalized spacial score (nSPS) is 19.4. The molecule has 0 aromatic heterocycles. The van der Waals surface area contributed by atoms with Crippen LogP contribution in [0, 0.1) is 0 Å². The summed E-state index contributed by atoms with van der Waals surface area (Å²) in [7, 11) is 0. The van der Waals surface area contributed by atoms with Crippen molar-refractivity contribution in [2.45, 2.75) is 103 Å². The summed E-state index contributed by atoms with van der Waals surface area (Å²) in [6, 6.07) is -0.0540. The number of hydroxylamine groups is 1. The summed E-state index contributed by atoms with van der Waals surface area (Å²) in [5, 5.41) is 0. The zero-order valence-corrected chi connectivity index (χ0v) is 15.3. The fourth-order valence-corrected chi connectivity index (χ4v) is 3.02. The minimum atomic E-state index is -0.0540. The Bertz CT molecular complexity index is 294. The molecule has 4 nitrogen and oxygen atoms in total. The molecule has 1 atom stereocenters. The van der Waals surface area contributed by atoms with Gasteiger partial charge in [-0.1, -0.05) is 90.4 Å². The first-order chi connectivity index (χ1) is 11.3. The van der Waals surface area contributed by atoms with Gasteiger partial charge in [0, 0.05) is 6.54 Å². The lowest BCUT2D eigenvalue weighted by Gasteiger charge is -2.03. The molecule has 1 aliphatic heterocycles. The van der Waals surface area contributed by atoms with Gasteiger partial charge in [-0.2, -0.15) is 0 Å². The van der Waals surface area contributed by atoms with Crippen molar-refractivity contribution in [3.63, 3.8) is 0 Å². The molecule has 4 heteroatoms. The second-order valence-corrected chi connectivity index (χ2v) is 6.88. The largest absolute Gasteiger partial charge is 0.319 e. The zero-order valence-electron chi connectivity index (χ0n) is 15.3. The maximum Gasteiger partial charge on any atom is 0.140 e. The Labute approximate surface area is 143 Å². The van der Waals surface area contributed by atoms with Gasteiger partial charge in [0.2, 0.25) is 0 Å². The molecular formula is C19H39N3O. The second-order valence-electron chi connectivity index (χ2n) is 6.88. The van der Waals surface area contributed by atoms with Crippen molar-refractivity contribution in [3.8, 4) is 0 Å². The second kappa shape index (κ2) is 14.9. The molecule has 3 N–H and O–H groups in total. The number of nitrogens with zero attached hydrogens (tertiary/aromatic N) is 1. The lowest BCUT2D eigenvalue weighted by atomic mass is 10.0. The van der Waals surface area contributed by atoms with Crippen LogP contribution in [-0.2, 0) is 4.84 Å². The molecule has 1 fully saturated rings. The van der Waals surface area contributed by atoms with Gasteiger partial charge in [-0.25, -0.2) is 0 Å². The van der Waals surface area contributed by atoms with Crippen molar-refractivity contribution < 1.29 is 4.84 Å². The van der Waals surface area contributed by atoms with Crippen LogP contribution in [-0.4, -0.2) is 25.0 Å². The molecule has 0 amide bonds. The summed E-state index contributed by atoms with van der Waals surface area (Å²) in [5.74, 6) is 0.819.